The highest BCUT2D eigenvalue weighted by Gasteiger charge is 2.07. The summed E-state index contributed by atoms with van der Waals surface area (Å²) in [4.78, 5) is 24.0. The minimum Gasteiger partial charge on any atom is -0.296 e. The molecule has 1 N–H and O–H groups in total. The third-order valence-electron chi connectivity index (χ3n) is 7.86. The Kier molecular flexibility index (Phi) is 33.2. The van der Waals surface area contributed by atoms with Crippen LogP contribution in [0.1, 0.15) is 194 Å². The van der Waals surface area contributed by atoms with Crippen LogP contribution in [0, 0.1) is 0 Å². The standard InChI is InChI=1S/C38H69NO2/c1-3-5-7-9-11-13-15-17-19-20-22-24-26-28-30-32-34-36-38(41)39-37(40)35-33-31-29-27-25-23-21-18-16-14-12-10-8-6-4-2/h3,5,18,20-22H,4,6-17,19,23-36H2,1-2H3,(H,39,40,41)/b5-3?,21-18-,22-20-. The summed E-state index contributed by atoms with van der Waals surface area (Å²) < 4.78 is 0. The van der Waals surface area contributed by atoms with E-state index in [1.165, 1.54) is 141 Å². The molecule has 0 unspecified atom stereocenters. The lowest BCUT2D eigenvalue weighted by atomic mass is 10.1. The fourth-order valence-electron chi connectivity index (χ4n) is 5.17. The van der Waals surface area contributed by atoms with Gasteiger partial charge in [-0.25, -0.2) is 0 Å². The second-order valence-electron chi connectivity index (χ2n) is 12.0. The van der Waals surface area contributed by atoms with Crippen LogP contribution in [0.2, 0.25) is 0 Å². The van der Waals surface area contributed by atoms with Crippen molar-refractivity contribution in [2.45, 2.75) is 194 Å². The van der Waals surface area contributed by atoms with Crippen LogP contribution in [0.15, 0.2) is 36.5 Å². The molecule has 0 aromatic heterocycles. The van der Waals surface area contributed by atoms with Crippen molar-refractivity contribution in [2.24, 2.45) is 0 Å². The Morgan fingerprint density at radius 3 is 1.05 bits per heavy atom. The van der Waals surface area contributed by atoms with E-state index < -0.39 is 0 Å². The fourth-order valence-corrected chi connectivity index (χ4v) is 5.17. The van der Waals surface area contributed by atoms with Gasteiger partial charge in [-0.15, -0.1) is 0 Å². The molecule has 0 aliphatic rings. The number of allylic oxidation sites excluding steroid dienone is 6. The first-order chi connectivity index (χ1) is 20.2. The van der Waals surface area contributed by atoms with E-state index >= 15 is 0 Å². The number of amides is 2. The summed E-state index contributed by atoms with van der Waals surface area (Å²) in [5, 5.41) is 2.59. The Labute approximate surface area is 256 Å². The van der Waals surface area contributed by atoms with E-state index in [0.717, 1.165) is 25.7 Å². The maximum atomic E-state index is 12.0. The van der Waals surface area contributed by atoms with Crippen molar-refractivity contribution in [1.82, 2.24) is 5.32 Å². The van der Waals surface area contributed by atoms with Crippen molar-refractivity contribution in [2.75, 3.05) is 0 Å². The minimum atomic E-state index is -0.0940. The van der Waals surface area contributed by atoms with Gasteiger partial charge in [-0.05, 0) is 84.0 Å². The highest BCUT2D eigenvalue weighted by molar-refractivity contribution is 5.95. The molecule has 41 heavy (non-hydrogen) atoms. The highest BCUT2D eigenvalue weighted by Crippen LogP contribution is 2.12. The first-order valence-electron chi connectivity index (χ1n) is 17.9. The summed E-state index contributed by atoms with van der Waals surface area (Å²) in [5.74, 6) is -0.188. The van der Waals surface area contributed by atoms with Gasteiger partial charge < -0.3 is 0 Å². The van der Waals surface area contributed by atoms with Gasteiger partial charge in [0.1, 0.15) is 0 Å². The van der Waals surface area contributed by atoms with Crippen molar-refractivity contribution in [3.8, 4) is 0 Å². The maximum absolute atomic E-state index is 12.0. The predicted octanol–water partition coefficient (Wildman–Crippen LogP) is 12.3. The van der Waals surface area contributed by atoms with Crippen LogP contribution in [-0.2, 0) is 9.59 Å². The minimum absolute atomic E-state index is 0.0937. The lowest BCUT2D eigenvalue weighted by Gasteiger charge is -2.05. The third-order valence-corrected chi connectivity index (χ3v) is 7.86. The first kappa shape index (κ1) is 39.4. The fraction of sp³-hybridized carbons (Fsp3) is 0.789. The van der Waals surface area contributed by atoms with Gasteiger partial charge in [-0.1, -0.05) is 133 Å². The predicted molar refractivity (Wildman–Crippen MR) is 181 cm³/mol. The van der Waals surface area contributed by atoms with Gasteiger partial charge in [0, 0.05) is 12.8 Å². The molecular weight excluding hydrogens is 502 g/mol. The number of carbonyl (C=O) groups excluding carboxylic acids is 2. The number of unbranched alkanes of at least 4 members (excludes halogenated alkanes) is 22. The average Bonchev–Trinajstić information content (AvgIpc) is 2.96. The lowest BCUT2D eigenvalue weighted by molar-refractivity contribution is -0.130. The highest BCUT2D eigenvalue weighted by atomic mass is 16.2. The van der Waals surface area contributed by atoms with Gasteiger partial charge in [0.05, 0.1) is 0 Å². The lowest BCUT2D eigenvalue weighted by Crippen LogP contribution is -2.29. The van der Waals surface area contributed by atoms with E-state index in [1.54, 1.807) is 0 Å². The molecule has 0 atom stereocenters. The molecule has 0 aromatic rings. The molecule has 0 heterocycles. The van der Waals surface area contributed by atoms with E-state index in [1.807, 2.05) is 0 Å². The quantitative estimate of drug-likeness (QED) is 0.0664. The number of nitrogens with one attached hydrogen (secondary N) is 1. The van der Waals surface area contributed by atoms with Crippen molar-refractivity contribution < 1.29 is 9.59 Å². The van der Waals surface area contributed by atoms with Crippen LogP contribution in [0.4, 0.5) is 0 Å². The van der Waals surface area contributed by atoms with E-state index in [0.29, 0.717) is 12.8 Å². The summed E-state index contributed by atoms with van der Waals surface area (Å²) in [6.45, 7) is 4.36. The van der Waals surface area contributed by atoms with Crippen LogP contribution < -0.4 is 5.32 Å². The molecule has 0 bridgehead atoms. The topological polar surface area (TPSA) is 46.2 Å². The molecule has 0 saturated carbocycles. The summed E-state index contributed by atoms with van der Waals surface area (Å²) in [6.07, 6.45) is 47.0. The maximum Gasteiger partial charge on any atom is 0.226 e. The van der Waals surface area contributed by atoms with E-state index in [2.05, 4.69) is 55.6 Å². The van der Waals surface area contributed by atoms with Crippen LogP contribution >= 0.6 is 0 Å². The van der Waals surface area contributed by atoms with Crippen molar-refractivity contribution in [3.05, 3.63) is 36.5 Å². The zero-order valence-corrected chi connectivity index (χ0v) is 27.6. The van der Waals surface area contributed by atoms with Crippen LogP contribution in [0.25, 0.3) is 0 Å². The molecule has 0 fully saturated rings. The molecule has 0 aliphatic carbocycles. The molecule has 0 saturated heterocycles. The first-order valence-corrected chi connectivity index (χ1v) is 17.9. The molecule has 0 radical (unpaired) electrons. The molecule has 0 spiro atoms. The summed E-state index contributed by atoms with van der Waals surface area (Å²) in [7, 11) is 0. The number of hydrogen-bond acceptors (Lipinski definition) is 2. The van der Waals surface area contributed by atoms with Gasteiger partial charge in [-0.3, -0.25) is 14.9 Å². The summed E-state index contributed by atoms with van der Waals surface area (Å²) in [6, 6.07) is 0. The number of imide groups is 1. The van der Waals surface area contributed by atoms with E-state index in [4.69, 9.17) is 0 Å². The van der Waals surface area contributed by atoms with Crippen LogP contribution in [0.3, 0.4) is 0 Å². The summed E-state index contributed by atoms with van der Waals surface area (Å²) >= 11 is 0. The van der Waals surface area contributed by atoms with Crippen LogP contribution in [0.5, 0.6) is 0 Å². The molecule has 2 amide bonds. The molecule has 0 rings (SSSR count). The molecule has 3 nitrogen and oxygen atoms in total. The zero-order chi connectivity index (χ0) is 29.9. The molecule has 3 heteroatoms. The van der Waals surface area contributed by atoms with Gasteiger partial charge in [-0.2, -0.15) is 0 Å². The number of hydrogen-bond donors (Lipinski definition) is 1. The Balaban J connectivity index is 3.37. The van der Waals surface area contributed by atoms with Crippen molar-refractivity contribution in [1.29, 1.82) is 0 Å². The Morgan fingerprint density at radius 1 is 0.415 bits per heavy atom. The molecule has 0 aromatic carbocycles. The van der Waals surface area contributed by atoms with Gasteiger partial charge in [0.25, 0.3) is 0 Å². The summed E-state index contributed by atoms with van der Waals surface area (Å²) in [5.41, 5.74) is 0. The zero-order valence-electron chi connectivity index (χ0n) is 27.6. The van der Waals surface area contributed by atoms with Crippen molar-refractivity contribution in [3.63, 3.8) is 0 Å². The van der Waals surface area contributed by atoms with Crippen LogP contribution in [-0.4, -0.2) is 11.8 Å². The second kappa shape index (κ2) is 34.6. The SMILES string of the molecule is CC=CCCCCCCC/C=C\CCCCCCCC(=O)NC(=O)CCCCCCC/C=C\CCCCCCCC. The Bertz CT molecular complexity index is 649. The van der Waals surface area contributed by atoms with Gasteiger partial charge in [0.2, 0.25) is 11.8 Å². The number of rotatable bonds is 31. The molecule has 238 valence electrons. The second-order valence-corrected chi connectivity index (χ2v) is 12.0. The smallest absolute Gasteiger partial charge is 0.226 e. The molecule has 0 aliphatic heterocycles. The normalized spacial score (nSPS) is 11.9. The van der Waals surface area contributed by atoms with E-state index in [-0.39, 0.29) is 11.8 Å². The van der Waals surface area contributed by atoms with Gasteiger partial charge >= 0.3 is 0 Å². The monoisotopic (exact) mass is 572 g/mol. The average molecular weight is 572 g/mol. The van der Waals surface area contributed by atoms with Crippen molar-refractivity contribution >= 4 is 11.8 Å². The largest absolute Gasteiger partial charge is 0.296 e. The third kappa shape index (κ3) is 34.5. The number of carbonyl (C=O) groups is 2. The molecular formula is C38H69NO2. The Morgan fingerprint density at radius 2 is 0.707 bits per heavy atom. The van der Waals surface area contributed by atoms with E-state index in [9.17, 15) is 9.59 Å². The Hall–Kier alpha value is -1.64. The van der Waals surface area contributed by atoms with Gasteiger partial charge in [0.15, 0.2) is 0 Å².